The largest absolute Gasteiger partial charge is 0.493 e. The minimum atomic E-state index is -0.251. The molecule has 6 heteroatoms. The summed E-state index contributed by atoms with van der Waals surface area (Å²) in [6.07, 6.45) is 1.56. The molecule has 0 radical (unpaired) electrons. The lowest BCUT2D eigenvalue weighted by Crippen LogP contribution is -2.51. The summed E-state index contributed by atoms with van der Waals surface area (Å²) in [6.45, 7) is 2.96. The Morgan fingerprint density at radius 1 is 1.21 bits per heavy atom. The van der Waals surface area contributed by atoms with E-state index in [9.17, 15) is 4.79 Å². The Hall–Kier alpha value is -1.79. The molecule has 1 aromatic rings. The highest BCUT2D eigenvalue weighted by Crippen LogP contribution is 2.33. The Bertz CT molecular complexity index is 586. The zero-order valence-corrected chi connectivity index (χ0v) is 14.7. The summed E-state index contributed by atoms with van der Waals surface area (Å²) < 4.78 is 16.3. The number of methoxy groups -OCH3 is 2. The fourth-order valence-electron chi connectivity index (χ4n) is 3.47. The van der Waals surface area contributed by atoms with Crippen LogP contribution < -0.4 is 9.47 Å². The number of hydrogen-bond acceptors (Lipinski definition) is 5. The first-order valence-corrected chi connectivity index (χ1v) is 8.46. The first kappa shape index (κ1) is 17.0. The van der Waals surface area contributed by atoms with Crippen LogP contribution in [-0.4, -0.2) is 69.3 Å². The van der Waals surface area contributed by atoms with Gasteiger partial charge in [0.25, 0.3) is 5.91 Å². The molecule has 2 unspecified atom stereocenters. The molecule has 0 aromatic heterocycles. The highest BCUT2D eigenvalue weighted by molar-refractivity contribution is 5.81. The molecule has 0 bridgehead atoms. The van der Waals surface area contributed by atoms with Crippen LogP contribution in [0.3, 0.4) is 0 Å². The number of ether oxygens (including phenoxy) is 3. The smallest absolute Gasteiger partial charge is 0.251 e. The molecule has 0 saturated carbocycles. The molecule has 2 aliphatic heterocycles. The molecule has 24 heavy (non-hydrogen) atoms. The lowest BCUT2D eigenvalue weighted by atomic mass is 10.0. The predicted octanol–water partition coefficient (Wildman–Crippen LogP) is 1.70. The SMILES string of the molecule is COc1ccc(C2CN(C(=O)C3CCCO3)CCN2C)cc1OC. The number of amides is 1. The summed E-state index contributed by atoms with van der Waals surface area (Å²) in [5.74, 6) is 1.56. The third-order valence-electron chi connectivity index (χ3n) is 4.96. The van der Waals surface area contributed by atoms with Gasteiger partial charge in [-0.2, -0.15) is 0 Å². The first-order valence-electron chi connectivity index (χ1n) is 8.46. The number of carbonyl (C=O) groups excluding carboxylic acids is 1. The minimum Gasteiger partial charge on any atom is -0.493 e. The van der Waals surface area contributed by atoms with Crippen LogP contribution >= 0.6 is 0 Å². The van der Waals surface area contributed by atoms with Crippen LogP contribution in [0.25, 0.3) is 0 Å². The lowest BCUT2D eigenvalue weighted by molar-refractivity contribution is -0.143. The van der Waals surface area contributed by atoms with Crippen molar-refractivity contribution in [3.8, 4) is 11.5 Å². The standard InChI is InChI=1S/C18H26N2O4/c1-19-8-9-20(18(21)16-5-4-10-24-16)12-14(19)13-6-7-15(22-2)17(11-13)23-3/h6-7,11,14,16H,4-5,8-10,12H2,1-3H3. The van der Waals surface area contributed by atoms with Gasteiger partial charge in [0.1, 0.15) is 6.10 Å². The molecular weight excluding hydrogens is 308 g/mol. The van der Waals surface area contributed by atoms with Crippen molar-refractivity contribution in [3.05, 3.63) is 23.8 Å². The van der Waals surface area contributed by atoms with Crippen LogP contribution in [0.5, 0.6) is 11.5 Å². The number of likely N-dealkylation sites (N-methyl/N-ethyl adjacent to an activating group) is 1. The van der Waals surface area contributed by atoms with Gasteiger partial charge in [0.2, 0.25) is 0 Å². The molecule has 0 spiro atoms. The summed E-state index contributed by atoms with van der Waals surface area (Å²) >= 11 is 0. The highest BCUT2D eigenvalue weighted by atomic mass is 16.5. The molecule has 0 aliphatic carbocycles. The second-order valence-corrected chi connectivity index (χ2v) is 6.40. The maximum Gasteiger partial charge on any atom is 0.251 e. The van der Waals surface area contributed by atoms with E-state index < -0.39 is 0 Å². The second kappa shape index (κ2) is 7.40. The van der Waals surface area contributed by atoms with Crippen molar-refractivity contribution >= 4 is 5.91 Å². The number of carbonyl (C=O) groups is 1. The van der Waals surface area contributed by atoms with Gasteiger partial charge in [-0.3, -0.25) is 9.69 Å². The summed E-state index contributed by atoms with van der Waals surface area (Å²) in [6, 6.07) is 6.11. The minimum absolute atomic E-state index is 0.131. The number of benzene rings is 1. The fraction of sp³-hybridized carbons (Fsp3) is 0.611. The number of rotatable bonds is 4. The van der Waals surface area contributed by atoms with Gasteiger partial charge < -0.3 is 19.1 Å². The zero-order valence-electron chi connectivity index (χ0n) is 14.7. The Morgan fingerprint density at radius 3 is 2.67 bits per heavy atom. The van der Waals surface area contributed by atoms with Gasteiger partial charge in [-0.05, 0) is 37.6 Å². The van der Waals surface area contributed by atoms with E-state index in [1.54, 1.807) is 14.2 Å². The average molecular weight is 334 g/mol. The summed E-state index contributed by atoms with van der Waals surface area (Å²) in [7, 11) is 5.36. The van der Waals surface area contributed by atoms with Crippen molar-refractivity contribution in [1.82, 2.24) is 9.80 Å². The molecule has 2 aliphatic rings. The van der Waals surface area contributed by atoms with Crippen molar-refractivity contribution < 1.29 is 19.0 Å². The van der Waals surface area contributed by atoms with E-state index in [0.29, 0.717) is 24.7 Å². The van der Waals surface area contributed by atoms with Gasteiger partial charge in [-0.1, -0.05) is 6.07 Å². The van der Waals surface area contributed by atoms with Crippen molar-refractivity contribution in [2.75, 3.05) is 47.5 Å². The van der Waals surface area contributed by atoms with Crippen LogP contribution in [0.1, 0.15) is 24.4 Å². The Balaban J connectivity index is 1.77. The van der Waals surface area contributed by atoms with E-state index in [1.807, 2.05) is 23.1 Å². The molecule has 0 N–H and O–H groups in total. The summed E-state index contributed by atoms with van der Waals surface area (Å²) in [5, 5.41) is 0. The third-order valence-corrected chi connectivity index (χ3v) is 4.96. The summed E-state index contributed by atoms with van der Waals surface area (Å²) in [4.78, 5) is 16.9. The van der Waals surface area contributed by atoms with Gasteiger partial charge >= 0.3 is 0 Å². The van der Waals surface area contributed by atoms with Crippen LogP contribution in [0.4, 0.5) is 0 Å². The lowest BCUT2D eigenvalue weighted by Gasteiger charge is -2.40. The van der Waals surface area contributed by atoms with E-state index >= 15 is 0 Å². The molecule has 6 nitrogen and oxygen atoms in total. The van der Waals surface area contributed by atoms with Crippen molar-refractivity contribution in [2.45, 2.75) is 25.0 Å². The molecule has 1 aromatic carbocycles. The maximum atomic E-state index is 12.6. The monoisotopic (exact) mass is 334 g/mol. The zero-order chi connectivity index (χ0) is 17.1. The van der Waals surface area contributed by atoms with E-state index in [4.69, 9.17) is 14.2 Å². The Labute approximate surface area is 143 Å². The molecule has 2 heterocycles. The normalized spacial score (nSPS) is 24.9. The molecule has 2 saturated heterocycles. The number of hydrogen-bond donors (Lipinski definition) is 0. The van der Waals surface area contributed by atoms with Crippen LogP contribution in [0.2, 0.25) is 0 Å². The van der Waals surface area contributed by atoms with Crippen LogP contribution in [0, 0.1) is 0 Å². The van der Waals surface area contributed by atoms with E-state index in [-0.39, 0.29) is 18.1 Å². The predicted molar refractivity (Wildman–Crippen MR) is 90.5 cm³/mol. The van der Waals surface area contributed by atoms with Gasteiger partial charge in [0.15, 0.2) is 11.5 Å². The van der Waals surface area contributed by atoms with E-state index in [2.05, 4.69) is 11.9 Å². The number of nitrogens with zero attached hydrogens (tertiary/aromatic N) is 2. The Kier molecular flexibility index (Phi) is 5.26. The van der Waals surface area contributed by atoms with Crippen LogP contribution in [-0.2, 0) is 9.53 Å². The topological polar surface area (TPSA) is 51.2 Å². The molecule has 2 fully saturated rings. The third kappa shape index (κ3) is 3.35. The van der Waals surface area contributed by atoms with Crippen molar-refractivity contribution in [1.29, 1.82) is 0 Å². The van der Waals surface area contributed by atoms with E-state index in [1.165, 1.54) is 0 Å². The average Bonchev–Trinajstić information content (AvgIpc) is 3.15. The number of piperazine rings is 1. The maximum absolute atomic E-state index is 12.6. The van der Waals surface area contributed by atoms with Gasteiger partial charge in [-0.25, -0.2) is 0 Å². The Morgan fingerprint density at radius 2 is 2.00 bits per heavy atom. The molecule has 2 atom stereocenters. The molecule has 3 rings (SSSR count). The second-order valence-electron chi connectivity index (χ2n) is 6.40. The van der Waals surface area contributed by atoms with Crippen molar-refractivity contribution in [3.63, 3.8) is 0 Å². The molecule has 132 valence electrons. The van der Waals surface area contributed by atoms with Crippen molar-refractivity contribution in [2.24, 2.45) is 0 Å². The van der Waals surface area contributed by atoms with Crippen LogP contribution in [0.15, 0.2) is 18.2 Å². The first-order chi connectivity index (χ1) is 11.6. The van der Waals surface area contributed by atoms with Gasteiger partial charge in [0.05, 0.1) is 20.3 Å². The quantitative estimate of drug-likeness (QED) is 0.839. The highest BCUT2D eigenvalue weighted by Gasteiger charge is 2.34. The molecular formula is C18H26N2O4. The fourth-order valence-corrected chi connectivity index (χ4v) is 3.47. The van der Waals surface area contributed by atoms with E-state index in [0.717, 1.165) is 31.5 Å². The van der Waals surface area contributed by atoms with Gasteiger partial charge in [0, 0.05) is 26.2 Å². The van der Waals surface area contributed by atoms with Gasteiger partial charge in [-0.15, -0.1) is 0 Å². The summed E-state index contributed by atoms with van der Waals surface area (Å²) in [5.41, 5.74) is 1.12. The molecule has 1 amide bonds.